The van der Waals surface area contributed by atoms with E-state index in [-0.39, 0.29) is 5.48 Å². The van der Waals surface area contributed by atoms with Crippen LogP contribution in [0.1, 0.15) is 46.5 Å². The molecule has 10 heavy (non-hydrogen) atoms. The molecular weight excluding hydrogens is 124 g/mol. The summed E-state index contributed by atoms with van der Waals surface area (Å²) < 4.78 is 0. The molecule has 0 saturated heterocycles. The molecule has 2 N–H and O–H groups in total. The van der Waals surface area contributed by atoms with E-state index < -0.39 is 0 Å². The van der Waals surface area contributed by atoms with Gasteiger partial charge in [0.2, 0.25) is 0 Å². The Morgan fingerprint density at radius 2 is 1.90 bits per heavy atom. The quantitative estimate of drug-likeness (QED) is 0.582. The van der Waals surface area contributed by atoms with E-state index in [0.717, 1.165) is 11.3 Å². The molecule has 1 fully saturated rings. The Hall–Kier alpha value is -0.0400. The van der Waals surface area contributed by atoms with Gasteiger partial charge in [-0.25, -0.2) is 0 Å². The third-order valence-electron chi connectivity index (χ3n) is 2.62. The zero-order chi connectivity index (χ0) is 6.91. The van der Waals surface area contributed by atoms with E-state index >= 15 is 0 Å². The molecule has 1 aliphatic rings. The first-order valence-corrected chi connectivity index (χ1v) is 4.17. The van der Waals surface area contributed by atoms with Crippen LogP contribution in [0.15, 0.2) is 0 Å². The van der Waals surface area contributed by atoms with Gasteiger partial charge in [0.25, 0.3) is 0 Å². The van der Waals surface area contributed by atoms with Gasteiger partial charge in [-0.3, -0.25) is 0 Å². The average molecular weight is 144 g/mol. The van der Waals surface area contributed by atoms with E-state index in [4.69, 9.17) is 0 Å². The lowest BCUT2D eigenvalue weighted by Gasteiger charge is -1.99. The van der Waals surface area contributed by atoms with Gasteiger partial charge < -0.3 is 5.48 Å². The van der Waals surface area contributed by atoms with Gasteiger partial charge in [-0.05, 0) is 24.2 Å². The maximum atomic E-state index is 2.38. The van der Waals surface area contributed by atoms with E-state index in [9.17, 15) is 0 Å². The second kappa shape index (κ2) is 3.38. The fraction of sp³-hybridized carbons (Fsp3) is 1.00. The van der Waals surface area contributed by atoms with E-state index in [0.29, 0.717) is 0 Å². The molecule has 1 saturated carbocycles. The van der Waals surface area contributed by atoms with E-state index in [1.807, 2.05) is 0 Å². The van der Waals surface area contributed by atoms with Crippen LogP contribution in [0, 0.1) is 11.3 Å². The molecule has 62 valence electrons. The zero-order valence-corrected chi connectivity index (χ0v) is 7.41. The van der Waals surface area contributed by atoms with Crippen molar-refractivity contribution in [1.29, 1.82) is 0 Å². The SMILES string of the molecule is CCCCC1CC1(C)C.O. The van der Waals surface area contributed by atoms with Crippen LogP contribution in [0.25, 0.3) is 0 Å². The van der Waals surface area contributed by atoms with Gasteiger partial charge in [-0.1, -0.05) is 33.6 Å². The number of hydrogen-bond acceptors (Lipinski definition) is 0. The van der Waals surface area contributed by atoms with Gasteiger partial charge in [0.05, 0.1) is 0 Å². The minimum absolute atomic E-state index is 0. The molecule has 1 aliphatic carbocycles. The summed E-state index contributed by atoms with van der Waals surface area (Å²) in [6.45, 7) is 7.04. The normalized spacial score (nSPS) is 27.3. The van der Waals surface area contributed by atoms with Crippen molar-refractivity contribution in [3.8, 4) is 0 Å². The molecule has 0 aliphatic heterocycles. The van der Waals surface area contributed by atoms with Gasteiger partial charge in [0.15, 0.2) is 0 Å². The zero-order valence-electron chi connectivity index (χ0n) is 7.41. The molecule has 0 aromatic rings. The molecular formula is C9H20O. The van der Waals surface area contributed by atoms with Crippen molar-refractivity contribution in [2.75, 3.05) is 0 Å². The molecule has 1 rings (SSSR count). The largest absolute Gasteiger partial charge is 0.412 e. The molecule has 1 nitrogen and oxygen atoms in total. The summed E-state index contributed by atoms with van der Waals surface area (Å²) in [6, 6.07) is 0. The summed E-state index contributed by atoms with van der Waals surface area (Å²) in [5, 5.41) is 0. The van der Waals surface area contributed by atoms with Crippen molar-refractivity contribution in [3.05, 3.63) is 0 Å². The second-order valence-electron chi connectivity index (χ2n) is 4.03. The molecule has 1 atom stereocenters. The Morgan fingerprint density at radius 3 is 2.20 bits per heavy atom. The van der Waals surface area contributed by atoms with Crippen LogP contribution in [0.2, 0.25) is 0 Å². The molecule has 0 aromatic carbocycles. The Balaban J connectivity index is 0.000000810. The van der Waals surface area contributed by atoms with E-state index in [1.54, 1.807) is 0 Å². The molecule has 0 bridgehead atoms. The number of unbranched alkanes of at least 4 members (excludes halogenated alkanes) is 1. The van der Waals surface area contributed by atoms with Crippen molar-refractivity contribution in [1.82, 2.24) is 0 Å². The highest BCUT2D eigenvalue weighted by atomic mass is 16.0. The molecule has 0 aromatic heterocycles. The fourth-order valence-electron chi connectivity index (χ4n) is 1.52. The standard InChI is InChI=1S/C9H18.H2O/c1-4-5-6-8-7-9(8,2)3;/h8H,4-7H2,1-3H3;1H2. The van der Waals surface area contributed by atoms with Gasteiger partial charge in [0, 0.05) is 0 Å². The third kappa shape index (κ3) is 2.30. The van der Waals surface area contributed by atoms with Crippen LogP contribution in [0.5, 0.6) is 0 Å². The highest BCUT2D eigenvalue weighted by Gasteiger charge is 2.44. The van der Waals surface area contributed by atoms with Crippen LogP contribution < -0.4 is 0 Å². The van der Waals surface area contributed by atoms with E-state index in [1.165, 1.54) is 25.7 Å². The van der Waals surface area contributed by atoms with Crippen molar-refractivity contribution in [2.45, 2.75) is 46.5 Å². The first-order valence-electron chi connectivity index (χ1n) is 4.17. The van der Waals surface area contributed by atoms with Crippen molar-refractivity contribution < 1.29 is 5.48 Å². The Labute approximate surface area is 64.1 Å². The molecule has 0 spiro atoms. The van der Waals surface area contributed by atoms with Gasteiger partial charge in [0.1, 0.15) is 0 Å². The first-order chi connectivity index (χ1) is 4.17. The summed E-state index contributed by atoms with van der Waals surface area (Å²) in [4.78, 5) is 0. The summed E-state index contributed by atoms with van der Waals surface area (Å²) >= 11 is 0. The maximum absolute atomic E-state index is 2.38. The van der Waals surface area contributed by atoms with Gasteiger partial charge >= 0.3 is 0 Å². The van der Waals surface area contributed by atoms with Crippen LogP contribution in [0.4, 0.5) is 0 Å². The lowest BCUT2D eigenvalue weighted by molar-refractivity contribution is 0.515. The summed E-state index contributed by atoms with van der Waals surface area (Å²) in [5.74, 6) is 1.07. The van der Waals surface area contributed by atoms with Crippen molar-refractivity contribution >= 4 is 0 Å². The molecule has 1 unspecified atom stereocenters. The summed E-state index contributed by atoms with van der Waals surface area (Å²) in [5.41, 5.74) is 0.717. The molecule has 0 heterocycles. The summed E-state index contributed by atoms with van der Waals surface area (Å²) in [6.07, 6.45) is 5.76. The minimum Gasteiger partial charge on any atom is -0.412 e. The van der Waals surface area contributed by atoms with Crippen molar-refractivity contribution in [2.24, 2.45) is 11.3 Å². The monoisotopic (exact) mass is 144 g/mol. The highest BCUT2D eigenvalue weighted by molar-refractivity contribution is 4.94. The molecule has 0 radical (unpaired) electrons. The Kier molecular flexibility index (Phi) is 3.37. The lowest BCUT2D eigenvalue weighted by atomic mass is 10.1. The van der Waals surface area contributed by atoms with Crippen LogP contribution >= 0.6 is 0 Å². The van der Waals surface area contributed by atoms with Crippen LogP contribution in [-0.4, -0.2) is 5.48 Å². The maximum Gasteiger partial charge on any atom is -0.0323 e. The van der Waals surface area contributed by atoms with Gasteiger partial charge in [-0.15, -0.1) is 0 Å². The van der Waals surface area contributed by atoms with Gasteiger partial charge in [-0.2, -0.15) is 0 Å². The number of hydrogen-bond donors (Lipinski definition) is 0. The lowest BCUT2D eigenvalue weighted by Crippen LogP contribution is -1.89. The van der Waals surface area contributed by atoms with Crippen molar-refractivity contribution in [3.63, 3.8) is 0 Å². The first kappa shape index (κ1) is 9.96. The summed E-state index contributed by atoms with van der Waals surface area (Å²) in [7, 11) is 0. The fourth-order valence-corrected chi connectivity index (χ4v) is 1.52. The second-order valence-corrected chi connectivity index (χ2v) is 4.03. The smallest absolute Gasteiger partial charge is 0.0323 e. The molecule has 0 amide bonds. The van der Waals surface area contributed by atoms with E-state index in [2.05, 4.69) is 20.8 Å². The van der Waals surface area contributed by atoms with Crippen LogP contribution in [-0.2, 0) is 0 Å². The predicted octanol–water partition coefficient (Wildman–Crippen LogP) is 2.40. The minimum atomic E-state index is 0. The van der Waals surface area contributed by atoms with Crippen LogP contribution in [0.3, 0.4) is 0 Å². The Morgan fingerprint density at radius 1 is 1.40 bits per heavy atom. The topological polar surface area (TPSA) is 31.5 Å². The number of rotatable bonds is 3. The average Bonchev–Trinajstić information content (AvgIpc) is 2.35. The molecule has 1 heteroatoms. The third-order valence-corrected chi connectivity index (χ3v) is 2.62. The predicted molar refractivity (Wildman–Crippen MR) is 45.0 cm³/mol. The highest BCUT2D eigenvalue weighted by Crippen LogP contribution is 2.54. The Bertz CT molecular complexity index is 96.9.